The van der Waals surface area contributed by atoms with Crippen LogP contribution in [0.5, 0.6) is 0 Å². The molecule has 2 aliphatic rings. The van der Waals surface area contributed by atoms with Gasteiger partial charge in [-0.15, -0.1) is 0 Å². The van der Waals surface area contributed by atoms with Gasteiger partial charge >= 0.3 is 0 Å². The van der Waals surface area contributed by atoms with Gasteiger partial charge in [0.2, 0.25) is 0 Å². The monoisotopic (exact) mass is 226 g/mol. The van der Waals surface area contributed by atoms with Crippen molar-refractivity contribution in [2.45, 2.75) is 70.5 Å². The Balaban J connectivity index is 1.90. The van der Waals surface area contributed by atoms with E-state index in [1.54, 1.807) is 0 Å². The van der Waals surface area contributed by atoms with Gasteiger partial charge in [-0.1, -0.05) is 39.0 Å². The summed E-state index contributed by atoms with van der Waals surface area (Å²) in [5.41, 5.74) is 0. The van der Waals surface area contributed by atoms with Gasteiger partial charge in [0.1, 0.15) is 0 Å². The second-order valence-electron chi connectivity index (χ2n) is 5.96. The zero-order chi connectivity index (χ0) is 11.5. The smallest absolute Gasteiger partial charge is 0.0595 e. The molecule has 0 aromatic rings. The van der Waals surface area contributed by atoms with Crippen molar-refractivity contribution < 1.29 is 10.2 Å². The minimum atomic E-state index is -0.263. The van der Waals surface area contributed by atoms with Crippen LogP contribution in [0, 0.1) is 17.8 Å². The first-order chi connectivity index (χ1) is 7.68. The Kier molecular flexibility index (Phi) is 4.26. The number of hydrogen-bond donors (Lipinski definition) is 2. The molecule has 2 aliphatic carbocycles. The van der Waals surface area contributed by atoms with Crippen LogP contribution in [0.15, 0.2) is 0 Å². The fourth-order valence-electron chi connectivity index (χ4n) is 3.77. The third kappa shape index (κ3) is 2.78. The molecule has 2 fully saturated rings. The molecule has 0 aliphatic heterocycles. The van der Waals surface area contributed by atoms with Crippen molar-refractivity contribution in [3.05, 3.63) is 0 Å². The highest BCUT2D eigenvalue weighted by molar-refractivity contribution is 4.86. The first kappa shape index (κ1) is 12.4. The second kappa shape index (κ2) is 5.50. The minimum absolute atomic E-state index is 0.259. The van der Waals surface area contributed by atoms with Gasteiger partial charge < -0.3 is 10.2 Å². The lowest BCUT2D eigenvalue weighted by Crippen LogP contribution is -2.38. The van der Waals surface area contributed by atoms with E-state index in [-0.39, 0.29) is 12.2 Å². The van der Waals surface area contributed by atoms with Gasteiger partial charge in [0.15, 0.2) is 0 Å². The van der Waals surface area contributed by atoms with E-state index in [1.807, 2.05) is 0 Å². The minimum Gasteiger partial charge on any atom is -0.393 e. The van der Waals surface area contributed by atoms with Crippen molar-refractivity contribution in [2.24, 2.45) is 17.8 Å². The Bertz CT molecular complexity index is 211. The predicted octanol–water partition coefficient (Wildman–Crippen LogP) is 2.72. The Morgan fingerprint density at radius 1 is 0.938 bits per heavy atom. The van der Waals surface area contributed by atoms with E-state index in [9.17, 15) is 10.2 Å². The number of aliphatic hydroxyl groups excluding tert-OH is 2. The summed E-state index contributed by atoms with van der Waals surface area (Å²) in [4.78, 5) is 0. The largest absolute Gasteiger partial charge is 0.393 e. The van der Waals surface area contributed by atoms with Crippen molar-refractivity contribution in [1.29, 1.82) is 0 Å². The lowest BCUT2D eigenvalue weighted by atomic mass is 9.69. The van der Waals surface area contributed by atoms with Crippen molar-refractivity contribution in [1.82, 2.24) is 0 Å². The molecule has 0 aromatic heterocycles. The van der Waals surface area contributed by atoms with E-state index in [1.165, 1.54) is 32.1 Å². The van der Waals surface area contributed by atoms with Crippen LogP contribution in [-0.2, 0) is 0 Å². The second-order valence-corrected chi connectivity index (χ2v) is 5.96. The summed E-state index contributed by atoms with van der Waals surface area (Å²) in [7, 11) is 0. The lowest BCUT2D eigenvalue weighted by molar-refractivity contribution is -0.0302. The average Bonchev–Trinajstić information content (AvgIpc) is 2.29. The molecule has 0 saturated heterocycles. The number of hydrogen-bond acceptors (Lipinski definition) is 2. The van der Waals surface area contributed by atoms with E-state index in [0.29, 0.717) is 18.3 Å². The molecule has 0 spiro atoms. The first-order valence-electron chi connectivity index (χ1n) is 7.04. The predicted molar refractivity (Wildman–Crippen MR) is 65.1 cm³/mol. The lowest BCUT2D eigenvalue weighted by Gasteiger charge is -2.39. The summed E-state index contributed by atoms with van der Waals surface area (Å²) in [5.74, 6) is 1.90. The third-order valence-corrected chi connectivity index (χ3v) is 4.91. The van der Waals surface area contributed by atoms with Gasteiger partial charge in [-0.2, -0.15) is 0 Å². The van der Waals surface area contributed by atoms with Crippen LogP contribution in [-0.4, -0.2) is 22.4 Å². The molecule has 94 valence electrons. The summed E-state index contributed by atoms with van der Waals surface area (Å²) < 4.78 is 0. The topological polar surface area (TPSA) is 40.5 Å². The summed E-state index contributed by atoms with van der Waals surface area (Å²) in [5, 5.41) is 19.6. The number of aliphatic hydroxyl groups is 2. The van der Waals surface area contributed by atoms with Gasteiger partial charge in [-0.05, 0) is 37.0 Å². The van der Waals surface area contributed by atoms with Crippen LogP contribution in [0.1, 0.15) is 58.3 Å². The average molecular weight is 226 g/mol. The summed E-state index contributed by atoms with van der Waals surface area (Å²) in [6, 6.07) is 0. The van der Waals surface area contributed by atoms with Gasteiger partial charge in [-0.25, -0.2) is 0 Å². The summed E-state index contributed by atoms with van der Waals surface area (Å²) >= 11 is 0. The van der Waals surface area contributed by atoms with E-state index in [2.05, 4.69) is 6.92 Å². The fourth-order valence-corrected chi connectivity index (χ4v) is 3.77. The normalized spacial score (nSPS) is 39.6. The third-order valence-electron chi connectivity index (χ3n) is 4.91. The molecule has 2 rings (SSSR count). The Morgan fingerprint density at radius 2 is 1.62 bits per heavy atom. The quantitative estimate of drug-likeness (QED) is 0.760. The molecule has 0 heterocycles. The van der Waals surface area contributed by atoms with Gasteiger partial charge in [-0.3, -0.25) is 0 Å². The molecular weight excluding hydrogens is 200 g/mol. The zero-order valence-corrected chi connectivity index (χ0v) is 10.4. The summed E-state index contributed by atoms with van der Waals surface area (Å²) in [6.07, 6.45) is 8.83. The highest BCUT2D eigenvalue weighted by atomic mass is 16.3. The van der Waals surface area contributed by atoms with Crippen LogP contribution < -0.4 is 0 Å². The molecule has 4 unspecified atom stereocenters. The summed E-state index contributed by atoms with van der Waals surface area (Å²) in [6.45, 7) is 2.32. The van der Waals surface area contributed by atoms with Crippen molar-refractivity contribution in [3.8, 4) is 0 Å². The molecule has 4 atom stereocenters. The SMILES string of the molecule is CC(C1CCCCC1)C1CCC(O)CC1O. The maximum atomic E-state index is 10.1. The van der Waals surface area contributed by atoms with Crippen molar-refractivity contribution >= 4 is 0 Å². The standard InChI is InChI=1S/C14H26O2/c1-10(11-5-3-2-4-6-11)13-8-7-12(15)9-14(13)16/h10-16H,2-9H2,1H3. The van der Waals surface area contributed by atoms with Gasteiger partial charge in [0, 0.05) is 0 Å². The maximum absolute atomic E-state index is 10.1. The van der Waals surface area contributed by atoms with E-state index < -0.39 is 0 Å². The molecule has 0 radical (unpaired) electrons. The molecule has 2 heteroatoms. The van der Waals surface area contributed by atoms with E-state index in [0.717, 1.165) is 18.8 Å². The van der Waals surface area contributed by atoms with Crippen molar-refractivity contribution in [2.75, 3.05) is 0 Å². The van der Waals surface area contributed by atoms with Crippen LogP contribution in [0.3, 0.4) is 0 Å². The van der Waals surface area contributed by atoms with Crippen molar-refractivity contribution in [3.63, 3.8) is 0 Å². The van der Waals surface area contributed by atoms with E-state index >= 15 is 0 Å². The van der Waals surface area contributed by atoms with Gasteiger partial charge in [0.05, 0.1) is 12.2 Å². The molecule has 2 N–H and O–H groups in total. The number of rotatable bonds is 2. The van der Waals surface area contributed by atoms with Crippen LogP contribution in [0.2, 0.25) is 0 Å². The molecule has 0 amide bonds. The highest BCUT2D eigenvalue weighted by Gasteiger charge is 2.35. The van der Waals surface area contributed by atoms with Crippen LogP contribution in [0.4, 0.5) is 0 Å². The molecule has 16 heavy (non-hydrogen) atoms. The molecule has 2 nitrogen and oxygen atoms in total. The Hall–Kier alpha value is -0.0800. The van der Waals surface area contributed by atoms with Crippen LogP contribution in [0.25, 0.3) is 0 Å². The first-order valence-corrected chi connectivity index (χ1v) is 7.04. The molecular formula is C14H26O2. The van der Waals surface area contributed by atoms with Gasteiger partial charge in [0.25, 0.3) is 0 Å². The highest BCUT2D eigenvalue weighted by Crippen LogP contribution is 2.39. The Morgan fingerprint density at radius 3 is 2.25 bits per heavy atom. The zero-order valence-electron chi connectivity index (χ0n) is 10.4. The molecule has 0 bridgehead atoms. The van der Waals surface area contributed by atoms with E-state index in [4.69, 9.17) is 0 Å². The Labute approximate surface area is 99.1 Å². The maximum Gasteiger partial charge on any atom is 0.0595 e. The molecule has 0 aromatic carbocycles. The van der Waals surface area contributed by atoms with Crippen LogP contribution >= 0.6 is 0 Å². The fraction of sp³-hybridized carbons (Fsp3) is 1.00. The molecule has 2 saturated carbocycles.